The van der Waals surface area contributed by atoms with Gasteiger partial charge in [-0.25, -0.2) is 0 Å². The number of rotatable bonds is 6. The molecule has 2 aliphatic rings. The van der Waals surface area contributed by atoms with Crippen LogP contribution in [0.3, 0.4) is 0 Å². The molecule has 0 saturated heterocycles. The Morgan fingerprint density at radius 3 is 1.29 bits per heavy atom. The van der Waals surface area contributed by atoms with Crippen LogP contribution in [0.1, 0.15) is 22.3 Å². The molecule has 1 heterocycles. The summed E-state index contributed by atoms with van der Waals surface area (Å²) in [6.07, 6.45) is 0. The van der Waals surface area contributed by atoms with Gasteiger partial charge in [-0.05, 0) is 123 Å². The Bertz CT molecular complexity index is 2680. The van der Waals surface area contributed by atoms with Gasteiger partial charge in [0.15, 0.2) is 0 Å². The van der Waals surface area contributed by atoms with E-state index in [-0.39, 0.29) is 0 Å². The van der Waals surface area contributed by atoms with Gasteiger partial charge in [0.25, 0.3) is 0 Å². The van der Waals surface area contributed by atoms with E-state index < -0.39 is 5.41 Å². The van der Waals surface area contributed by atoms with Crippen LogP contribution >= 0.6 is 11.8 Å². The zero-order chi connectivity index (χ0) is 37.1. The maximum absolute atomic E-state index is 2.48. The van der Waals surface area contributed by atoms with Gasteiger partial charge in [-0.2, -0.15) is 0 Å². The lowest BCUT2D eigenvalue weighted by Crippen LogP contribution is -2.32. The van der Waals surface area contributed by atoms with Crippen LogP contribution < -0.4 is 9.80 Å². The molecule has 1 aliphatic carbocycles. The second kappa shape index (κ2) is 13.2. The van der Waals surface area contributed by atoms with Gasteiger partial charge in [-0.1, -0.05) is 151 Å². The topological polar surface area (TPSA) is 6.48 Å². The molecule has 2 nitrogen and oxygen atoms in total. The molecule has 0 radical (unpaired) electrons. The Morgan fingerprint density at radius 2 is 0.768 bits per heavy atom. The molecule has 1 spiro atoms. The normalized spacial score (nSPS) is 13.1. The third kappa shape index (κ3) is 4.98. The Morgan fingerprint density at radius 1 is 0.321 bits per heavy atom. The lowest BCUT2D eigenvalue weighted by atomic mass is 9.67. The summed E-state index contributed by atoms with van der Waals surface area (Å²) in [5.74, 6) is 0. The largest absolute Gasteiger partial charge is 0.310 e. The fourth-order valence-corrected chi connectivity index (χ4v) is 10.5. The van der Waals surface area contributed by atoms with Gasteiger partial charge in [0.05, 0.1) is 5.41 Å². The highest BCUT2D eigenvalue weighted by Crippen LogP contribution is 2.64. The zero-order valence-electron chi connectivity index (χ0n) is 30.6. The van der Waals surface area contributed by atoms with E-state index in [1.165, 1.54) is 53.9 Å². The number of anilines is 6. The minimum atomic E-state index is -0.587. The third-order valence-electron chi connectivity index (χ3n) is 11.5. The summed E-state index contributed by atoms with van der Waals surface area (Å²) in [6.45, 7) is 0. The molecule has 0 unspecified atom stereocenters. The second-order valence-electron chi connectivity index (χ2n) is 14.5. The fourth-order valence-electron chi connectivity index (χ4n) is 9.13. The fraction of sp³-hybridized carbons (Fsp3) is 0.0189. The van der Waals surface area contributed by atoms with Crippen LogP contribution in [0.5, 0.6) is 0 Å². The first-order chi connectivity index (χ1) is 27.8. The van der Waals surface area contributed by atoms with Crippen molar-refractivity contribution in [2.45, 2.75) is 15.2 Å². The van der Waals surface area contributed by atoms with E-state index in [2.05, 4.69) is 228 Å². The number of benzene rings is 9. The van der Waals surface area contributed by atoms with Crippen molar-refractivity contribution in [3.63, 3.8) is 0 Å². The highest BCUT2D eigenvalue weighted by Gasteiger charge is 2.51. The lowest BCUT2D eigenvalue weighted by molar-refractivity contribution is 0.726. The summed E-state index contributed by atoms with van der Waals surface area (Å²) in [6, 6.07) is 80.0. The van der Waals surface area contributed by atoms with Gasteiger partial charge in [0.2, 0.25) is 0 Å². The van der Waals surface area contributed by atoms with Gasteiger partial charge >= 0.3 is 0 Å². The van der Waals surface area contributed by atoms with Crippen molar-refractivity contribution in [1.82, 2.24) is 0 Å². The first-order valence-corrected chi connectivity index (χ1v) is 20.0. The van der Waals surface area contributed by atoms with Crippen LogP contribution in [0.15, 0.2) is 228 Å². The van der Waals surface area contributed by atoms with Crippen LogP contribution in [0.25, 0.3) is 21.9 Å². The highest BCUT2D eigenvalue weighted by molar-refractivity contribution is 7.99. The van der Waals surface area contributed by atoms with Crippen LogP contribution in [0.2, 0.25) is 0 Å². The minimum absolute atomic E-state index is 0.587. The summed E-state index contributed by atoms with van der Waals surface area (Å²) in [4.78, 5) is 7.39. The molecule has 0 aromatic heterocycles. The summed E-state index contributed by atoms with van der Waals surface area (Å²) in [7, 11) is 0. The Labute approximate surface area is 332 Å². The van der Waals surface area contributed by atoms with Crippen molar-refractivity contribution in [1.29, 1.82) is 0 Å². The average Bonchev–Trinajstić information content (AvgIpc) is 3.54. The SMILES string of the molecule is c1ccc(N(c2ccccc2)c2ccc3c(c2)C2(c4ccccc4Sc4c2ccc2ccccc42)c2cc(N(c4ccccc4)c4ccccc4)ccc2-3)cc1. The molecule has 0 bridgehead atoms. The quantitative estimate of drug-likeness (QED) is 0.168. The van der Waals surface area contributed by atoms with E-state index in [4.69, 9.17) is 0 Å². The molecule has 0 saturated carbocycles. The van der Waals surface area contributed by atoms with Gasteiger partial charge in [0.1, 0.15) is 0 Å². The van der Waals surface area contributed by atoms with E-state index in [9.17, 15) is 0 Å². The Hall–Kier alpha value is -6.81. The molecule has 9 aromatic rings. The molecular formula is C53H36N2S. The smallest absolute Gasteiger partial charge is 0.0737 e. The average molecular weight is 733 g/mol. The molecule has 0 amide bonds. The van der Waals surface area contributed by atoms with Gasteiger partial charge in [-0.15, -0.1) is 0 Å². The maximum atomic E-state index is 2.48. The summed E-state index contributed by atoms with van der Waals surface area (Å²) < 4.78 is 0. The van der Waals surface area contributed by atoms with E-state index in [1.807, 2.05) is 11.8 Å². The molecule has 9 aromatic carbocycles. The van der Waals surface area contributed by atoms with Gasteiger partial charge in [-0.3, -0.25) is 0 Å². The monoisotopic (exact) mass is 732 g/mol. The van der Waals surface area contributed by atoms with Crippen molar-refractivity contribution in [3.05, 3.63) is 241 Å². The Balaban J connectivity index is 1.24. The van der Waals surface area contributed by atoms with Crippen molar-refractivity contribution >= 4 is 56.7 Å². The first-order valence-electron chi connectivity index (χ1n) is 19.2. The van der Waals surface area contributed by atoms with E-state index in [1.54, 1.807) is 0 Å². The molecule has 264 valence electrons. The molecule has 11 rings (SSSR count). The van der Waals surface area contributed by atoms with Crippen molar-refractivity contribution in [2.75, 3.05) is 9.80 Å². The molecule has 0 fully saturated rings. The van der Waals surface area contributed by atoms with Crippen LogP contribution in [0.4, 0.5) is 34.1 Å². The summed E-state index contributed by atoms with van der Waals surface area (Å²) >= 11 is 1.91. The van der Waals surface area contributed by atoms with Gasteiger partial charge in [0, 0.05) is 43.9 Å². The van der Waals surface area contributed by atoms with Crippen LogP contribution in [0, 0.1) is 0 Å². The van der Waals surface area contributed by atoms with Gasteiger partial charge < -0.3 is 9.80 Å². The molecular weight excluding hydrogens is 697 g/mol. The summed E-state index contributed by atoms with van der Waals surface area (Å²) in [5, 5.41) is 2.55. The standard InChI is InChI=1S/C53H36N2S/c1-5-18-38(19-6-1)54(39-20-7-2-8-21-39)42-30-32-45-46-33-31-43(55(40-22-9-3-10-23-40)41-24-11-4-12-25-41)36-50(46)53(49(45)35-42)47-27-15-16-28-51(47)56-52-44-26-14-13-17-37(44)29-34-48(52)53/h1-36H. The number of nitrogens with zero attached hydrogens (tertiary/aromatic N) is 2. The lowest BCUT2D eigenvalue weighted by Gasteiger charge is -2.41. The minimum Gasteiger partial charge on any atom is -0.310 e. The number of para-hydroxylation sites is 4. The second-order valence-corrected chi connectivity index (χ2v) is 15.5. The van der Waals surface area contributed by atoms with Crippen molar-refractivity contribution in [2.24, 2.45) is 0 Å². The number of hydrogen-bond donors (Lipinski definition) is 0. The zero-order valence-corrected chi connectivity index (χ0v) is 31.4. The predicted molar refractivity (Wildman–Crippen MR) is 235 cm³/mol. The van der Waals surface area contributed by atoms with Crippen LogP contribution in [-0.4, -0.2) is 0 Å². The van der Waals surface area contributed by atoms with E-state index in [0.29, 0.717) is 0 Å². The van der Waals surface area contributed by atoms with Crippen molar-refractivity contribution in [3.8, 4) is 11.1 Å². The van der Waals surface area contributed by atoms with E-state index >= 15 is 0 Å². The van der Waals surface area contributed by atoms with Crippen LogP contribution in [-0.2, 0) is 5.41 Å². The molecule has 0 N–H and O–H groups in total. The highest BCUT2D eigenvalue weighted by atomic mass is 32.2. The maximum Gasteiger partial charge on any atom is 0.0737 e. The number of fused-ring (bicyclic) bond motifs is 11. The molecule has 1 aliphatic heterocycles. The molecule has 0 atom stereocenters. The number of hydrogen-bond acceptors (Lipinski definition) is 3. The predicted octanol–water partition coefficient (Wildman–Crippen LogP) is 14.6. The third-order valence-corrected chi connectivity index (χ3v) is 12.7. The Kier molecular flexibility index (Phi) is 7.68. The summed E-state index contributed by atoms with van der Waals surface area (Å²) in [5.41, 5.74) is 13.9. The first kappa shape index (κ1) is 32.6. The van der Waals surface area contributed by atoms with Crippen molar-refractivity contribution < 1.29 is 0 Å². The molecule has 3 heteroatoms. The molecule has 56 heavy (non-hydrogen) atoms. The van der Waals surface area contributed by atoms with E-state index in [0.717, 1.165) is 34.1 Å².